The standard InChI is InChI=1S/C13H12O2S/c1-7-2-3-9-6-10(13(14)15)16-12(9)11(7)8-4-5-8/h2-3,6,8H,4-5H2,1H3,(H,14,15). The maximum atomic E-state index is 11.0. The molecule has 1 saturated carbocycles. The number of aryl methyl sites for hydroxylation is 1. The Kier molecular flexibility index (Phi) is 2.04. The number of fused-ring (bicyclic) bond motifs is 1. The van der Waals surface area contributed by atoms with Gasteiger partial charge in [0.25, 0.3) is 0 Å². The van der Waals surface area contributed by atoms with E-state index >= 15 is 0 Å². The van der Waals surface area contributed by atoms with Crippen LogP contribution in [0, 0.1) is 6.92 Å². The van der Waals surface area contributed by atoms with Crippen LogP contribution in [-0.2, 0) is 0 Å². The molecule has 3 rings (SSSR count). The van der Waals surface area contributed by atoms with Crippen molar-refractivity contribution in [1.82, 2.24) is 0 Å². The van der Waals surface area contributed by atoms with Crippen LogP contribution >= 0.6 is 11.3 Å². The lowest BCUT2D eigenvalue weighted by Crippen LogP contribution is -1.89. The van der Waals surface area contributed by atoms with Crippen LogP contribution in [0.4, 0.5) is 0 Å². The lowest BCUT2D eigenvalue weighted by atomic mass is 10.0. The summed E-state index contributed by atoms with van der Waals surface area (Å²) in [5, 5.41) is 10.1. The van der Waals surface area contributed by atoms with Crippen molar-refractivity contribution in [2.45, 2.75) is 25.7 Å². The monoisotopic (exact) mass is 232 g/mol. The summed E-state index contributed by atoms with van der Waals surface area (Å²) in [4.78, 5) is 11.4. The van der Waals surface area contributed by atoms with E-state index in [-0.39, 0.29) is 0 Å². The van der Waals surface area contributed by atoms with Crippen molar-refractivity contribution >= 4 is 27.4 Å². The molecule has 0 saturated heterocycles. The predicted octanol–water partition coefficient (Wildman–Crippen LogP) is 3.79. The molecule has 2 aromatic rings. The molecule has 0 amide bonds. The molecule has 82 valence electrons. The first-order valence-electron chi connectivity index (χ1n) is 5.43. The molecule has 0 unspecified atom stereocenters. The largest absolute Gasteiger partial charge is 0.477 e. The molecule has 1 aliphatic rings. The van der Waals surface area contributed by atoms with E-state index in [4.69, 9.17) is 5.11 Å². The van der Waals surface area contributed by atoms with Crippen LogP contribution in [0.3, 0.4) is 0 Å². The molecule has 1 aliphatic carbocycles. The minimum absolute atomic E-state index is 0.447. The Bertz CT molecular complexity index is 579. The second-order valence-electron chi connectivity index (χ2n) is 4.40. The molecule has 3 heteroatoms. The third-order valence-corrected chi connectivity index (χ3v) is 4.31. The first-order chi connectivity index (χ1) is 7.66. The lowest BCUT2D eigenvalue weighted by Gasteiger charge is -2.04. The third kappa shape index (κ3) is 1.43. The third-order valence-electron chi connectivity index (χ3n) is 3.14. The number of benzene rings is 1. The van der Waals surface area contributed by atoms with Gasteiger partial charge in [-0.05, 0) is 48.3 Å². The zero-order valence-electron chi connectivity index (χ0n) is 8.99. The van der Waals surface area contributed by atoms with E-state index < -0.39 is 5.97 Å². The predicted molar refractivity (Wildman–Crippen MR) is 65.5 cm³/mol. The van der Waals surface area contributed by atoms with E-state index in [1.165, 1.54) is 40.0 Å². The van der Waals surface area contributed by atoms with Crippen LogP contribution < -0.4 is 0 Å². The summed E-state index contributed by atoms with van der Waals surface area (Å²) in [6.45, 7) is 2.12. The van der Waals surface area contributed by atoms with Gasteiger partial charge in [-0.2, -0.15) is 0 Å². The number of carboxylic acids is 1. The minimum atomic E-state index is -0.819. The van der Waals surface area contributed by atoms with Gasteiger partial charge in [-0.1, -0.05) is 12.1 Å². The smallest absolute Gasteiger partial charge is 0.345 e. The van der Waals surface area contributed by atoms with Crippen molar-refractivity contribution in [3.63, 3.8) is 0 Å². The van der Waals surface area contributed by atoms with Crippen LogP contribution in [0.5, 0.6) is 0 Å². The van der Waals surface area contributed by atoms with Crippen molar-refractivity contribution in [3.8, 4) is 0 Å². The second-order valence-corrected chi connectivity index (χ2v) is 5.46. The number of hydrogen-bond acceptors (Lipinski definition) is 2. The summed E-state index contributed by atoms with van der Waals surface area (Å²) in [7, 11) is 0. The number of thiophene rings is 1. The number of carbonyl (C=O) groups is 1. The van der Waals surface area contributed by atoms with Gasteiger partial charge in [0.05, 0.1) is 0 Å². The minimum Gasteiger partial charge on any atom is -0.477 e. The van der Waals surface area contributed by atoms with Gasteiger partial charge in [0.15, 0.2) is 0 Å². The van der Waals surface area contributed by atoms with E-state index in [1.807, 2.05) is 6.07 Å². The van der Waals surface area contributed by atoms with Crippen molar-refractivity contribution in [3.05, 3.63) is 34.2 Å². The van der Waals surface area contributed by atoms with Crippen LogP contribution in [0.15, 0.2) is 18.2 Å². The second kappa shape index (κ2) is 3.32. The summed E-state index contributed by atoms with van der Waals surface area (Å²) >= 11 is 1.41. The van der Waals surface area contributed by atoms with Crippen LogP contribution in [0.25, 0.3) is 10.1 Å². The van der Waals surface area contributed by atoms with Crippen molar-refractivity contribution in [2.75, 3.05) is 0 Å². The molecule has 1 aromatic heterocycles. The molecule has 16 heavy (non-hydrogen) atoms. The SMILES string of the molecule is Cc1ccc2cc(C(=O)O)sc2c1C1CC1. The lowest BCUT2D eigenvalue weighted by molar-refractivity contribution is 0.0702. The topological polar surface area (TPSA) is 37.3 Å². The Labute approximate surface area is 97.5 Å². The Hall–Kier alpha value is -1.35. The average Bonchev–Trinajstić information content (AvgIpc) is 2.95. The number of hydrogen-bond donors (Lipinski definition) is 1. The Balaban J connectivity index is 2.28. The van der Waals surface area contributed by atoms with Gasteiger partial charge in [0.1, 0.15) is 4.88 Å². The fourth-order valence-corrected chi connectivity index (χ4v) is 3.38. The highest BCUT2D eigenvalue weighted by Gasteiger charge is 2.28. The zero-order chi connectivity index (χ0) is 11.3. The molecule has 0 atom stereocenters. The highest BCUT2D eigenvalue weighted by molar-refractivity contribution is 7.21. The van der Waals surface area contributed by atoms with Gasteiger partial charge in [-0.15, -0.1) is 11.3 Å². The van der Waals surface area contributed by atoms with Crippen LogP contribution in [0.2, 0.25) is 0 Å². The van der Waals surface area contributed by atoms with Crippen molar-refractivity contribution in [1.29, 1.82) is 0 Å². The molecule has 1 aromatic carbocycles. The summed E-state index contributed by atoms with van der Waals surface area (Å²) in [5.74, 6) is -0.149. The fourth-order valence-electron chi connectivity index (χ4n) is 2.21. The quantitative estimate of drug-likeness (QED) is 0.855. The Morgan fingerprint density at radius 3 is 2.81 bits per heavy atom. The van der Waals surface area contributed by atoms with E-state index in [9.17, 15) is 4.79 Å². The maximum Gasteiger partial charge on any atom is 0.345 e. The van der Waals surface area contributed by atoms with Crippen molar-refractivity contribution < 1.29 is 9.90 Å². The van der Waals surface area contributed by atoms with E-state index in [0.29, 0.717) is 10.8 Å². The Morgan fingerprint density at radius 2 is 2.19 bits per heavy atom. The van der Waals surface area contributed by atoms with Gasteiger partial charge in [0.2, 0.25) is 0 Å². The molecular weight excluding hydrogens is 220 g/mol. The van der Waals surface area contributed by atoms with Gasteiger partial charge in [-0.3, -0.25) is 0 Å². The number of carboxylic acid groups (broad SMARTS) is 1. The molecule has 0 spiro atoms. The maximum absolute atomic E-state index is 11.0. The van der Waals surface area contributed by atoms with Gasteiger partial charge in [0, 0.05) is 4.70 Å². The fraction of sp³-hybridized carbons (Fsp3) is 0.308. The van der Waals surface area contributed by atoms with Crippen molar-refractivity contribution in [2.24, 2.45) is 0 Å². The molecule has 1 fully saturated rings. The summed E-state index contributed by atoms with van der Waals surface area (Å²) in [5.41, 5.74) is 2.68. The van der Waals surface area contributed by atoms with E-state index in [0.717, 1.165) is 5.39 Å². The van der Waals surface area contributed by atoms with Gasteiger partial charge < -0.3 is 5.11 Å². The molecular formula is C13H12O2S. The highest BCUT2D eigenvalue weighted by atomic mass is 32.1. The first-order valence-corrected chi connectivity index (χ1v) is 6.25. The zero-order valence-corrected chi connectivity index (χ0v) is 9.80. The molecule has 0 bridgehead atoms. The summed E-state index contributed by atoms with van der Waals surface area (Å²) in [6, 6.07) is 5.92. The van der Waals surface area contributed by atoms with Gasteiger partial charge >= 0.3 is 5.97 Å². The molecule has 0 radical (unpaired) electrons. The normalized spacial score (nSPS) is 15.6. The average molecular weight is 232 g/mol. The number of rotatable bonds is 2. The molecule has 2 nitrogen and oxygen atoms in total. The first kappa shape index (κ1) is 9.85. The van der Waals surface area contributed by atoms with Gasteiger partial charge in [-0.25, -0.2) is 4.79 Å². The summed E-state index contributed by atoms with van der Waals surface area (Å²) < 4.78 is 1.18. The van der Waals surface area contributed by atoms with E-state index in [2.05, 4.69) is 13.0 Å². The molecule has 1 heterocycles. The Morgan fingerprint density at radius 1 is 1.44 bits per heavy atom. The van der Waals surface area contributed by atoms with Crippen LogP contribution in [0.1, 0.15) is 39.6 Å². The summed E-state index contributed by atoms with van der Waals surface area (Å²) in [6.07, 6.45) is 2.50. The molecule has 0 aliphatic heterocycles. The highest BCUT2D eigenvalue weighted by Crippen LogP contribution is 2.46. The molecule has 1 N–H and O–H groups in total. The number of aromatic carboxylic acids is 1. The van der Waals surface area contributed by atoms with E-state index in [1.54, 1.807) is 6.07 Å². The van der Waals surface area contributed by atoms with Crippen LogP contribution in [-0.4, -0.2) is 11.1 Å².